The number of imidazole rings is 1. The first kappa shape index (κ1) is 14.8. The van der Waals surface area contributed by atoms with Gasteiger partial charge in [-0.3, -0.25) is 4.98 Å². The molecule has 6 heteroatoms. The Bertz CT molecular complexity index is 957. The van der Waals surface area contributed by atoms with Gasteiger partial charge >= 0.3 is 0 Å². The normalized spacial score (nSPS) is 10.8. The zero-order valence-corrected chi connectivity index (χ0v) is 14.4. The fraction of sp³-hybridized carbons (Fsp3) is 0.125. The molecule has 0 bridgehead atoms. The molecule has 5 nitrogen and oxygen atoms in total. The molecule has 4 rings (SSSR count). The molecule has 0 aliphatic carbocycles. The second-order valence-corrected chi connectivity index (χ2v) is 4.95. The van der Waals surface area contributed by atoms with Crippen LogP contribution in [0.5, 0.6) is 0 Å². The minimum atomic E-state index is 0. The van der Waals surface area contributed by atoms with Gasteiger partial charge in [-0.15, -0.1) is 29.0 Å². The van der Waals surface area contributed by atoms with Crippen molar-refractivity contribution in [3.05, 3.63) is 54.5 Å². The van der Waals surface area contributed by atoms with Crippen molar-refractivity contribution >= 4 is 16.4 Å². The molecule has 22 heavy (non-hydrogen) atoms. The van der Waals surface area contributed by atoms with Gasteiger partial charge in [-0.05, 0) is 20.0 Å². The van der Waals surface area contributed by atoms with Crippen LogP contribution in [0.25, 0.3) is 27.8 Å². The number of aryl methyl sites for hydroxylation is 2. The molecule has 0 spiro atoms. The summed E-state index contributed by atoms with van der Waals surface area (Å²) in [6.07, 6.45) is 5.70. The van der Waals surface area contributed by atoms with E-state index in [0.29, 0.717) is 5.82 Å². The summed E-state index contributed by atoms with van der Waals surface area (Å²) in [4.78, 5) is 17.4. The summed E-state index contributed by atoms with van der Waals surface area (Å²) in [5.41, 5.74) is 1.84. The van der Waals surface area contributed by atoms with Gasteiger partial charge < -0.3 is 4.40 Å². The third-order valence-electron chi connectivity index (χ3n) is 3.40. The molecule has 0 saturated heterocycles. The second-order valence-electron chi connectivity index (χ2n) is 4.95. The van der Waals surface area contributed by atoms with Gasteiger partial charge in [0.15, 0.2) is 0 Å². The van der Waals surface area contributed by atoms with Gasteiger partial charge in [0.25, 0.3) is 0 Å². The zero-order chi connectivity index (χ0) is 14.4. The summed E-state index contributed by atoms with van der Waals surface area (Å²) in [5, 5.41) is 2.07. The van der Waals surface area contributed by atoms with Gasteiger partial charge in [0.2, 0.25) is 0 Å². The van der Waals surface area contributed by atoms with Crippen molar-refractivity contribution in [1.82, 2.24) is 24.3 Å². The summed E-state index contributed by atoms with van der Waals surface area (Å²) in [6.45, 7) is 3.74. The number of nitrogens with zero attached hydrogens (tertiary/aromatic N) is 5. The van der Waals surface area contributed by atoms with Crippen LogP contribution in [0.15, 0.2) is 36.8 Å². The van der Waals surface area contributed by atoms with E-state index in [-0.39, 0.29) is 20.1 Å². The van der Waals surface area contributed by atoms with Gasteiger partial charge in [0.1, 0.15) is 17.5 Å². The van der Waals surface area contributed by atoms with Gasteiger partial charge in [-0.25, -0.2) is 15.0 Å². The van der Waals surface area contributed by atoms with Gasteiger partial charge in [0.05, 0.1) is 5.65 Å². The average molecular weight is 467 g/mol. The topological polar surface area (TPSA) is 56.0 Å². The standard InChI is InChI=1S/C16H12N5.Ir/c1-10-18-11(2)20-15(19-10)13-3-4-14-12(9-13)5-7-21-8-6-17-16(14)21;/h3,5-9H,1-2H3;/q-1;. The third kappa shape index (κ3) is 2.40. The molecule has 3 aromatic heterocycles. The summed E-state index contributed by atoms with van der Waals surface area (Å²) in [6, 6.07) is 9.32. The van der Waals surface area contributed by atoms with E-state index in [2.05, 4.69) is 32.1 Å². The molecule has 0 atom stereocenters. The van der Waals surface area contributed by atoms with E-state index >= 15 is 0 Å². The van der Waals surface area contributed by atoms with Crippen LogP contribution < -0.4 is 0 Å². The molecule has 0 saturated carbocycles. The van der Waals surface area contributed by atoms with Crippen molar-refractivity contribution in [2.45, 2.75) is 13.8 Å². The Balaban J connectivity index is 0.00000144. The molecule has 1 aromatic carbocycles. The van der Waals surface area contributed by atoms with E-state index in [1.807, 2.05) is 42.8 Å². The van der Waals surface area contributed by atoms with Crippen molar-refractivity contribution in [2.75, 3.05) is 0 Å². The molecule has 1 radical (unpaired) electrons. The van der Waals surface area contributed by atoms with Crippen LogP contribution in [-0.4, -0.2) is 24.3 Å². The largest absolute Gasteiger partial charge is 0.347 e. The van der Waals surface area contributed by atoms with Crippen LogP contribution in [-0.2, 0) is 20.1 Å². The first-order chi connectivity index (χ1) is 10.2. The quantitative estimate of drug-likeness (QED) is 0.405. The monoisotopic (exact) mass is 467 g/mol. The van der Waals surface area contributed by atoms with E-state index in [1.54, 1.807) is 6.20 Å². The number of fused-ring (bicyclic) bond motifs is 3. The van der Waals surface area contributed by atoms with E-state index in [9.17, 15) is 0 Å². The minimum Gasteiger partial charge on any atom is -0.347 e. The predicted molar refractivity (Wildman–Crippen MR) is 79.8 cm³/mol. The molecule has 0 amide bonds. The maximum atomic E-state index is 4.40. The number of hydrogen-bond acceptors (Lipinski definition) is 4. The molecule has 3 heterocycles. The number of benzene rings is 1. The maximum absolute atomic E-state index is 4.40. The molecular weight excluding hydrogens is 454 g/mol. The minimum absolute atomic E-state index is 0. The molecule has 0 N–H and O–H groups in total. The van der Waals surface area contributed by atoms with E-state index in [4.69, 9.17) is 0 Å². The Morgan fingerprint density at radius 3 is 2.59 bits per heavy atom. The Hall–Kier alpha value is -2.17. The van der Waals surface area contributed by atoms with Crippen molar-refractivity contribution in [3.63, 3.8) is 0 Å². The molecule has 0 aliphatic heterocycles. The van der Waals surface area contributed by atoms with Crippen LogP contribution in [0.4, 0.5) is 0 Å². The molecule has 111 valence electrons. The fourth-order valence-electron chi connectivity index (χ4n) is 2.50. The van der Waals surface area contributed by atoms with Crippen molar-refractivity contribution in [3.8, 4) is 11.4 Å². The smallest absolute Gasteiger partial charge is 0.128 e. The van der Waals surface area contributed by atoms with Crippen LogP contribution in [0, 0.1) is 19.9 Å². The predicted octanol–water partition coefficient (Wildman–Crippen LogP) is 2.75. The van der Waals surface area contributed by atoms with Crippen molar-refractivity contribution in [1.29, 1.82) is 0 Å². The number of pyridine rings is 1. The SMILES string of the molecule is Cc1nc(C)nc(-c2c[c-]c3c(ccn4ccnc34)c2)n1.[Ir]. The first-order valence-electron chi connectivity index (χ1n) is 6.67. The molecule has 0 fully saturated rings. The first-order valence-corrected chi connectivity index (χ1v) is 6.67. The van der Waals surface area contributed by atoms with E-state index < -0.39 is 0 Å². The average Bonchev–Trinajstić information content (AvgIpc) is 2.94. The van der Waals surface area contributed by atoms with E-state index in [1.165, 1.54) is 0 Å². The maximum Gasteiger partial charge on any atom is 0.128 e. The van der Waals surface area contributed by atoms with E-state index in [0.717, 1.165) is 33.6 Å². The fourth-order valence-corrected chi connectivity index (χ4v) is 2.50. The van der Waals surface area contributed by atoms with Crippen molar-refractivity contribution < 1.29 is 20.1 Å². The Morgan fingerprint density at radius 1 is 1.05 bits per heavy atom. The van der Waals surface area contributed by atoms with Gasteiger partial charge in [-0.2, -0.15) is 0 Å². The van der Waals surface area contributed by atoms with Crippen LogP contribution >= 0.6 is 0 Å². The molecule has 0 unspecified atom stereocenters. The summed E-state index contributed by atoms with van der Waals surface area (Å²) in [7, 11) is 0. The summed E-state index contributed by atoms with van der Waals surface area (Å²) < 4.78 is 1.98. The Labute approximate surface area is 140 Å². The van der Waals surface area contributed by atoms with Crippen molar-refractivity contribution in [2.24, 2.45) is 0 Å². The summed E-state index contributed by atoms with van der Waals surface area (Å²) >= 11 is 0. The van der Waals surface area contributed by atoms with Gasteiger partial charge in [-0.1, -0.05) is 11.6 Å². The molecule has 0 aliphatic rings. The van der Waals surface area contributed by atoms with Crippen LogP contribution in [0.2, 0.25) is 0 Å². The molecule has 4 aromatic rings. The van der Waals surface area contributed by atoms with Gasteiger partial charge in [0, 0.05) is 32.5 Å². The number of rotatable bonds is 1. The molecular formula is C16H12IrN5-. The van der Waals surface area contributed by atoms with Crippen LogP contribution in [0.3, 0.4) is 0 Å². The number of aromatic nitrogens is 5. The Morgan fingerprint density at radius 2 is 1.82 bits per heavy atom. The summed E-state index contributed by atoms with van der Waals surface area (Å²) in [5.74, 6) is 2.13. The second kappa shape index (κ2) is 5.55. The Kier molecular flexibility index (Phi) is 3.72. The van der Waals surface area contributed by atoms with Crippen LogP contribution in [0.1, 0.15) is 11.6 Å². The zero-order valence-electron chi connectivity index (χ0n) is 12.0. The number of hydrogen-bond donors (Lipinski definition) is 0. The third-order valence-corrected chi connectivity index (χ3v) is 3.40.